The van der Waals surface area contributed by atoms with Crippen molar-refractivity contribution in [2.24, 2.45) is 0 Å². The Kier molecular flexibility index (Phi) is 1240000. The van der Waals surface area contributed by atoms with Crippen molar-refractivity contribution in [1.82, 2.24) is 0 Å². The van der Waals surface area contributed by atoms with Gasteiger partial charge in [-0.25, -0.2) is 0 Å². The summed E-state index contributed by atoms with van der Waals surface area (Å²) in [5.41, 5.74) is 0. The average molecular weight is 181 g/mol. The second-order valence-corrected chi connectivity index (χ2v) is 0. The molecule has 0 rings (SSSR count). The summed E-state index contributed by atoms with van der Waals surface area (Å²) in [4.78, 5) is 0. The molecule has 0 aromatic heterocycles. The molecule has 0 saturated carbocycles. The molecule has 0 saturated heterocycles. The van der Waals surface area contributed by atoms with Crippen LogP contribution in [0.5, 0.6) is 0 Å². The van der Waals surface area contributed by atoms with Gasteiger partial charge in [-0.1, -0.05) is 0 Å². The monoisotopic (exact) mass is 180 g/mol. The molecular formula is H14Cl2O6. The van der Waals surface area contributed by atoms with Crippen molar-refractivity contribution in [3.63, 3.8) is 0 Å². The van der Waals surface area contributed by atoms with Crippen LogP contribution in [-0.4, -0.2) is 32.9 Å². The van der Waals surface area contributed by atoms with E-state index < -0.39 is 0 Å². The van der Waals surface area contributed by atoms with Crippen LogP contribution in [0.15, 0.2) is 0 Å². The minimum atomic E-state index is 0. The molecular weight excluding hydrogens is 167 g/mol. The van der Waals surface area contributed by atoms with E-state index in [9.17, 15) is 0 Å². The summed E-state index contributed by atoms with van der Waals surface area (Å²) in [6.45, 7) is 0. The van der Waals surface area contributed by atoms with E-state index in [1.165, 1.54) is 0 Å². The summed E-state index contributed by atoms with van der Waals surface area (Å²) >= 11 is 0. The highest BCUT2D eigenvalue weighted by atomic mass is 35.5. The maximum atomic E-state index is 0. The highest BCUT2D eigenvalue weighted by Crippen LogP contribution is 0.691. The second kappa shape index (κ2) is 2550. The van der Waals surface area contributed by atoms with Gasteiger partial charge in [0.25, 0.3) is 0 Å². The molecule has 0 aliphatic heterocycles. The normalized spacial score (nSPS) is 0. The van der Waals surface area contributed by atoms with Gasteiger partial charge in [-0.3, -0.25) is 0 Å². The Balaban J connectivity index is 0. The summed E-state index contributed by atoms with van der Waals surface area (Å²) in [6, 6.07) is 0. The molecule has 64 valence electrons. The van der Waals surface area contributed by atoms with E-state index in [1.54, 1.807) is 0 Å². The van der Waals surface area contributed by atoms with E-state index >= 15 is 0 Å². The van der Waals surface area contributed by atoms with E-state index in [4.69, 9.17) is 0 Å². The Bertz CT molecular complexity index is 6.49. The van der Waals surface area contributed by atoms with E-state index in [1.807, 2.05) is 0 Å². The highest BCUT2D eigenvalue weighted by molar-refractivity contribution is 5.85. The molecule has 0 aromatic carbocycles. The first-order valence-electron chi connectivity index (χ1n) is 0. The van der Waals surface area contributed by atoms with Crippen molar-refractivity contribution in [1.29, 1.82) is 0 Å². The Morgan fingerprint density at radius 2 is 0.250 bits per heavy atom. The molecule has 8 heavy (non-hydrogen) atoms. The summed E-state index contributed by atoms with van der Waals surface area (Å²) in [7, 11) is 0. The zero-order valence-electron chi connectivity index (χ0n) is 3.82. The van der Waals surface area contributed by atoms with Crippen molar-refractivity contribution in [2.45, 2.75) is 0 Å². The van der Waals surface area contributed by atoms with Crippen LogP contribution in [0.4, 0.5) is 0 Å². The molecule has 0 atom stereocenters. The molecule has 0 bridgehead atoms. The summed E-state index contributed by atoms with van der Waals surface area (Å²) < 4.78 is 0. The summed E-state index contributed by atoms with van der Waals surface area (Å²) in [5, 5.41) is 0. The van der Waals surface area contributed by atoms with Gasteiger partial charge >= 0.3 is 0 Å². The molecule has 8 heteroatoms. The van der Waals surface area contributed by atoms with Crippen molar-refractivity contribution >= 4 is 24.8 Å². The molecule has 0 aliphatic rings. The number of hydrogen-bond acceptors (Lipinski definition) is 0. The van der Waals surface area contributed by atoms with Crippen LogP contribution in [0.3, 0.4) is 0 Å². The second-order valence-electron chi connectivity index (χ2n) is 0. The molecule has 6 nitrogen and oxygen atoms in total. The summed E-state index contributed by atoms with van der Waals surface area (Å²) in [5.74, 6) is 0. The molecule has 0 aliphatic carbocycles. The smallest absolute Gasteiger partial charge is 0.147 e. The predicted molar refractivity (Wildman–Crippen MR) is 36.2 cm³/mol. The van der Waals surface area contributed by atoms with Gasteiger partial charge in [-0.15, -0.1) is 24.8 Å². The molecule has 0 unspecified atom stereocenters. The molecule has 0 spiro atoms. The Morgan fingerprint density at radius 3 is 0.250 bits per heavy atom. The molecule has 0 aromatic rings. The van der Waals surface area contributed by atoms with Crippen LogP contribution in [-0.2, 0) is 0 Å². The first-order chi connectivity index (χ1) is 0. The van der Waals surface area contributed by atoms with Gasteiger partial charge in [0.1, 0.15) is 0 Å². The maximum Gasteiger partial charge on any atom is -0.147 e. The SMILES string of the molecule is Cl.Cl.O.O.O.O.O.O. The van der Waals surface area contributed by atoms with Crippen LogP contribution in [0, 0.1) is 0 Å². The lowest BCUT2D eigenvalue weighted by atomic mass is 16.0. The minimum Gasteiger partial charge on any atom is -0.412 e. The number of hydrogen-bond donors (Lipinski definition) is 0. The quantitative estimate of drug-likeness (QED) is 0.351. The van der Waals surface area contributed by atoms with Crippen molar-refractivity contribution in [3.05, 3.63) is 0 Å². The number of halogens is 2. The van der Waals surface area contributed by atoms with E-state index in [0.717, 1.165) is 0 Å². The fourth-order valence-electron chi connectivity index (χ4n) is 0. The zero-order chi connectivity index (χ0) is 0. The largest absolute Gasteiger partial charge is 0.412 e. The van der Waals surface area contributed by atoms with Crippen LogP contribution in [0.2, 0.25) is 0 Å². The lowest BCUT2D eigenvalue weighted by Gasteiger charge is -0.413. The minimum absolute atomic E-state index is 0. The predicted octanol–water partition coefficient (Wildman–Crippen LogP) is -4.10. The van der Waals surface area contributed by atoms with Crippen molar-refractivity contribution in [2.75, 3.05) is 0 Å². The van der Waals surface area contributed by atoms with Gasteiger partial charge in [0.2, 0.25) is 0 Å². The lowest BCUT2D eigenvalue weighted by molar-refractivity contribution is 0.823. The molecule has 0 heterocycles. The Labute approximate surface area is 58.6 Å². The third-order valence-corrected chi connectivity index (χ3v) is 0. The van der Waals surface area contributed by atoms with Crippen LogP contribution in [0.25, 0.3) is 0 Å². The fraction of sp³-hybridized carbons (Fsp3) is 0. The Hall–Kier alpha value is 0.340. The van der Waals surface area contributed by atoms with Crippen LogP contribution >= 0.6 is 24.8 Å². The van der Waals surface area contributed by atoms with Crippen molar-refractivity contribution in [3.8, 4) is 0 Å². The first-order valence-corrected chi connectivity index (χ1v) is 0. The van der Waals surface area contributed by atoms with Crippen LogP contribution in [0.1, 0.15) is 0 Å². The fourth-order valence-corrected chi connectivity index (χ4v) is 0. The van der Waals surface area contributed by atoms with Crippen molar-refractivity contribution < 1.29 is 32.9 Å². The van der Waals surface area contributed by atoms with Gasteiger partial charge in [0.15, 0.2) is 0 Å². The van der Waals surface area contributed by atoms with Crippen LogP contribution < -0.4 is 0 Å². The third-order valence-electron chi connectivity index (χ3n) is 0. The molecule has 0 radical (unpaired) electrons. The standard InChI is InChI=1S/2ClH.6H2O/h2*1H;6*1H2. The third kappa shape index (κ3) is 1560. The van der Waals surface area contributed by atoms with Gasteiger partial charge in [0, 0.05) is 0 Å². The highest BCUT2D eigenvalue weighted by Gasteiger charge is -0.146. The zero-order valence-corrected chi connectivity index (χ0v) is 5.45. The average Bonchev–Trinajstić information content (AvgIpc) is 0. The first kappa shape index (κ1) is 3890. The summed E-state index contributed by atoms with van der Waals surface area (Å²) in [6.07, 6.45) is 0. The maximum absolute atomic E-state index is 0. The molecule has 0 amide bonds. The van der Waals surface area contributed by atoms with E-state index in [0.29, 0.717) is 0 Å². The molecule has 0 fully saturated rings. The van der Waals surface area contributed by atoms with Gasteiger partial charge in [0.05, 0.1) is 0 Å². The van der Waals surface area contributed by atoms with E-state index in [-0.39, 0.29) is 57.7 Å². The van der Waals surface area contributed by atoms with Gasteiger partial charge in [-0.05, 0) is 0 Å². The molecule has 12 N–H and O–H groups in total. The lowest BCUT2D eigenvalue weighted by Crippen LogP contribution is -0.290. The number of rotatable bonds is 0. The Morgan fingerprint density at radius 1 is 0.250 bits per heavy atom. The van der Waals surface area contributed by atoms with Gasteiger partial charge < -0.3 is 32.9 Å². The van der Waals surface area contributed by atoms with E-state index in [2.05, 4.69) is 0 Å². The van der Waals surface area contributed by atoms with Gasteiger partial charge in [-0.2, -0.15) is 0 Å². The topological polar surface area (TPSA) is 189 Å².